The lowest BCUT2D eigenvalue weighted by Crippen LogP contribution is -1.89. The number of nitrogens with one attached hydrogen (secondary N) is 1. The summed E-state index contributed by atoms with van der Waals surface area (Å²) in [4.78, 5) is 0.888. The molecule has 0 amide bonds. The molecule has 0 saturated heterocycles. The third-order valence-electron chi connectivity index (χ3n) is 3.32. The number of nitrogens with zero attached hydrogens (tertiary/aromatic N) is 2. The fourth-order valence-corrected chi connectivity index (χ4v) is 4.96. The molecule has 0 saturated carbocycles. The topological polar surface area (TPSA) is 37.8 Å². The molecule has 4 aromatic rings. The first-order valence-electron chi connectivity index (χ1n) is 6.85. The van der Waals surface area contributed by atoms with Gasteiger partial charge in [0.05, 0.1) is 20.6 Å². The number of para-hydroxylation sites is 1. The average molecular weight is 413 g/mol. The second-order valence-electron chi connectivity index (χ2n) is 4.90. The number of fused-ring (bicyclic) bond motifs is 1. The Kier molecular flexibility index (Phi) is 4.37. The Balaban J connectivity index is 1.70. The molecule has 0 unspecified atom stereocenters. The van der Waals surface area contributed by atoms with Crippen molar-refractivity contribution in [2.24, 2.45) is 0 Å². The summed E-state index contributed by atoms with van der Waals surface area (Å²) in [6, 6.07) is 13.2. The third kappa shape index (κ3) is 2.98. The fourth-order valence-electron chi connectivity index (χ4n) is 2.22. The molecule has 3 nitrogen and oxygen atoms in total. The summed E-state index contributed by atoms with van der Waals surface area (Å²) in [5.74, 6) is 0. The number of anilines is 2. The van der Waals surface area contributed by atoms with Crippen LogP contribution in [-0.2, 0) is 0 Å². The van der Waals surface area contributed by atoms with Crippen LogP contribution in [0.3, 0.4) is 0 Å². The fraction of sp³-hybridized carbons (Fsp3) is 0. The molecule has 0 fully saturated rings. The Bertz CT molecular complexity index is 1040. The molecule has 0 spiro atoms. The van der Waals surface area contributed by atoms with Crippen LogP contribution < -0.4 is 5.32 Å². The predicted octanol–water partition coefficient (Wildman–Crippen LogP) is 7.12. The van der Waals surface area contributed by atoms with Gasteiger partial charge in [-0.15, -0.1) is 21.5 Å². The maximum atomic E-state index is 6.51. The Hall–Kier alpha value is -1.37. The monoisotopic (exact) mass is 411 g/mol. The summed E-state index contributed by atoms with van der Waals surface area (Å²) >= 11 is 21.7. The maximum Gasteiger partial charge on any atom is 0.210 e. The highest BCUT2D eigenvalue weighted by molar-refractivity contribution is 7.27. The SMILES string of the molecule is Clc1ccc2sc(-c3nnc(Nc4ccccc4Cl)s3)c(Cl)c2c1. The van der Waals surface area contributed by atoms with Crippen molar-refractivity contribution in [3.05, 3.63) is 57.5 Å². The predicted molar refractivity (Wildman–Crippen MR) is 105 cm³/mol. The molecule has 4 rings (SSSR count). The van der Waals surface area contributed by atoms with Gasteiger partial charge in [0.25, 0.3) is 0 Å². The van der Waals surface area contributed by atoms with Crippen LogP contribution in [0.4, 0.5) is 10.8 Å². The van der Waals surface area contributed by atoms with Gasteiger partial charge in [-0.25, -0.2) is 0 Å². The largest absolute Gasteiger partial charge is 0.329 e. The summed E-state index contributed by atoms with van der Waals surface area (Å²) in [7, 11) is 0. The number of rotatable bonds is 3. The van der Waals surface area contributed by atoms with Crippen molar-refractivity contribution in [3.63, 3.8) is 0 Å². The maximum absolute atomic E-state index is 6.51. The van der Waals surface area contributed by atoms with Crippen LogP contribution in [0, 0.1) is 0 Å². The van der Waals surface area contributed by atoms with E-state index in [0.717, 1.165) is 25.7 Å². The van der Waals surface area contributed by atoms with Crippen LogP contribution >= 0.6 is 57.5 Å². The molecule has 24 heavy (non-hydrogen) atoms. The van der Waals surface area contributed by atoms with Crippen LogP contribution in [0.5, 0.6) is 0 Å². The molecule has 120 valence electrons. The Morgan fingerprint density at radius 1 is 0.917 bits per heavy atom. The first-order chi connectivity index (χ1) is 11.6. The van der Waals surface area contributed by atoms with Gasteiger partial charge < -0.3 is 5.32 Å². The minimum absolute atomic E-state index is 0.629. The van der Waals surface area contributed by atoms with E-state index in [1.54, 1.807) is 11.3 Å². The normalized spacial score (nSPS) is 11.1. The van der Waals surface area contributed by atoms with Gasteiger partial charge in [-0.05, 0) is 30.3 Å². The van der Waals surface area contributed by atoms with Crippen LogP contribution in [0.1, 0.15) is 0 Å². The zero-order valence-electron chi connectivity index (χ0n) is 11.9. The van der Waals surface area contributed by atoms with E-state index in [9.17, 15) is 0 Å². The van der Waals surface area contributed by atoms with Gasteiger partial charge in [-0.3, -0.25) is 0 Å². The summed E-state index contributed by atoms with van der Waals surface area (Å²) in [5, 5.41) is 15.9. The first-order valence-corrected chi connectivity index (χ1v) is 9.61. The van der Waals surface area contributed by atoms with Gasteiger partial charge in [0.1, 0.15) is 0 Å². The molecule has 0 aliphatic carbocycles. The van der Waals surface area contributed by atoms with Crippen LogP contribution in [0.2, 0.25) is 15.1 Å². The van der Waals surface area contributed by atoms with Gasteiger partial charge in [0.2, 0.25) is 5.13 Å². The molecule has 0 radical (unpaired) electrons. The lowest BCUT2D eigenvalue weighted by atomic mass is 10.2. The lowest BCUT2D eigenvalue weighted by molar-refractivity contribution is 1.10. The highest BCUT2D eigenvalue weighted by atomic mass is 35.5. The van der Waals surface area contributed by atoms with Crippen molar-refractivity contribution in [2.45, 2.75) is 0 Å². The minimum Gasteiger partial charge on any atom is -0.329 e. The molecule has 8 heteroatoms. The molecular formula is C16H8Cl3N3S2. The molecule has 0 bridgehead atoms. The van der Waals surface area contributed by atoms with Crippen molar-refractivity contribution in [2.75, 3.05) is 5.32 Å². The van der Waals surface area contributed by atoms with Gasteiger partial charge in [0, 0.05) is 15.1 Å². The smallest absolute Gasteiger partial charge is 0.210 e. The average Bonchev–Trinajstić information content (AvgIpc) is 3.15. The van der Waals surface area contributed by atoms with Crippen molar-refractivity contribution in [3.8, 4) is 9.88 Å². The van der Waals surface area contributed by atoms with Crippen LogP contribution in [0.25, 0.3) is 20.0 Å². The number of thiophene rings is 1. The van der Waals surface area contributed by atoms with Crippen molar-refractivity contribution >= 4 is 78.4 Å². The number of benzene rings is 2. The van der Waals surface area contributed by atoms with E-state index < -0.39 is 0 Å². The summed E-state index contributed by atoms with van der Waals surface area (Å²) in [6.45, 7) is 0. The number of halogens is 3. The quantitative estimate of drug-likeness (QED) is 0.389. The van der Waals surface area contributed by atoms with Crippen molar-refractivity contribution < 1.29 is 0 Å². The lowest BCUT2D eigenvalue weighted by Gasteiger charge is -2.02. The third-order valence-corrected chi connectivity index (χ3v) is 6.56. The van der Waals surface area contributed by atoms with Crippen LogP contribution in [-0.4, -0.2) is 10.2 Å². The molecule has 2 aromatic carbocycles. The van der Waals surface area contributed by atoms with E-state index in [2.05, 4.69) is 15.5 Å². The van der Waals surface area contributed by atoms with Gasteiger partial charge in [-0.2, -0.15) is 0 Å². The number of aromatic nitrogens is 2. The van der Waals surface area contributed by atoms with E-state index in [4.69, 9.17) is 34.8 Å². The first kappa shape index (κ1) is 16.1. The summed E-state index contributed by atoms with van der Waals surface area (Å²) in [5.41, 5.74) is 0.788. The van der Waals surface area contributed by atoms with E-state index in [1.807, 2.05) is 42.5 Å². The Morgan fingerprint density at radius 2 is 1.75 bits per heavy atom. The number of hydrogen-bond acceptors (Lipinski definition) is 5. The summed E-state index contributed by atoms with van der Waals surface area (Å²) < 4.78 is 1.07. The van der Waals surface area contributed by atoms with Crippen LogP contribution in [0.15, 0.2) is 42.5 Å². The van der Waals surface area contributed by atoms with E-state index in [-0.39, 0.29) is 0 Å². The van der Waals surface area contributed by atoms with Gasteiger partial charge in [0.15, 0.2) is 5.01 Å². The van der Waals surface area contributed by atoms with E-state index in [1.165, 1.54) is 11.3 Å². The molecule has 0 atom stereocenters. The van der Waals surface area contributed by atoms with Crippen molar-refractivity contribution in [1.29, 1.82) is 0 Å². The second kappa shape index (κ2) is 6.50. The molecule has 0 aliphatic heterocycles. The molecule has 2 aromatic heterocycles. The van der Waals surface area contributed by atoms with E-state index in [0.29, 0.717) is 20.2 Å². The Morgan fingerprint density at radius 3 is 2.58 bits per heavy atom. The minimum atomic E-state index is 0.629. The summed E-state index contributed by atoms with van der Waals surface area (Å²) in [6.07, 6.45) is 0. The Labute approximate surface area is 160 Å². The standard InChI is InChI=1S/C16H8Cl3N3S2/c17-8-5-6-12-9(7-8)13(19)14(23-12)15-21-22-16(24-15)20-11-4-2-1-3-10(11)18/h1-7H,(H,20,22). The van der Waals surface area contributed by atoms with Crippen molar-refractivity contribution in [1.82, 2.24) is 10.2 Å². The second-order valence-corrected chi connectivity index (χ2v) is 8.15. The highest BCUT2D eigenvalue weighted by Crippen LogP contribution is 2.44. The number of hydrogen-bond donors (Lipinski definition) is 1. The van der Waals surface area contributed by atoms with Gasteiger partial charge >= 0.3 is 0 Å². The highest BCUT2D eigenvalue weighted by Gasteiger charge is 2.17. The zero-order valence-corrected chi connectivity index (χ0v) is 15.8. The zero-order chi connectivity index (χ0) is 16.7. The molecular weight excluding hydrogens is 405 g/mol. The molecule has 1 N–H and O–H groups in total. The van der Waals surface area contributed by atoms with Gasteiger partial charge in [-0.1, -0.05) is 58.3 Å². The molecule has 2 heterocycles. The van der Waals surface area contributed by atoms with E-state index >= 15 is 0 Å². The molecule has 0 aliphatic rings.